The molecule has 0 aliphatic carbocycles. The molecule has 0 spiro atoms. The number of benzene rings is 1. The number of amides is 1. The molecule has 0 aliphatic rings. The van der Waals surface area contributed by atoms with Gasteiger partial charge in [0.25, 0.3) is 11.6 Å². The van der Waals surface area contributed by atoms with Crippen molar-refractivity contribution in [1.29, 1.82) is 5.26 Å². The average Bonchev–Trinajstić information content (AvgIpc) is 2.58. The molecule has 0 saturated heterocycles. The summed E-state index contributed by atoms with van der Waals surface area (Å²) in [7, 11) is 0. The van der Waals surface area contributed by atoms with Crippen molar-refractivity contribution in [1.82, 2.24) is 9.88 Å². The first-order valence-corrected chi connectivity index (χ1v) is 7.40. The molecular weight excluding hydrogens is 332 g/mol. The van der Waals surface area contributed by atoms with Gasteiger partial charge in [0.15, 0.2) is 0 Å². The van der Waals surface area contributed by atoms with Crippen molar-refractivity contribution in [2.24, 2.45) is 0 Å². The maximum absolute atomic E-state index is 12.7. The minimum atomic E-state index is -0.580. The van der Waals surface area contributed by atoms with Gasteiger partial charge < -0.3 is 4.90 Å². The number of rotatable bonds is 6. The molecule has 0 radical (unpaired) electrons. The zero-order chi connectivity index (χ0) is 17.5. The maximum Gasteiger partial charge on any atom is 0.270 e. The Bertz CT molecular complexity index is 790. The fourth-order valence-electron chi connectivity index (χ4n) is 2.11. The number of halogens is 1. The van der Waals surface area contributed by atoms with Crippen molar-refractivity contribution < 1.29 is 9.72 Å². The van der Waals surface area contributed by atoms with Gasteiger partial charge >= 0.3 is 0 Å². The van der Waals surface area contributed by atoms with Gasteiger partial charge in [-0.05, 0) is 17.7 Å². The van der Waals surface area contributed by atoms with Crippen molar-refractivity contribution in [2.45, 2.75) is 13.0 Å². The Kier molecular flexibility index (Phi) is 5.82. The second-order valence-electron chi connectivity index (χ2n) is 4.92. The molecule has 0 N–H and O–H groups in total. The van der Waals surface area contributed by atoms with Crippen LogP contribution in [-0.4, -0.2) is 27.3 Å². The first-order valence-electron chi connectivity index (χ1n) is 7.02. The van der Waals surface area contributed by atoms with Crippen LogP contribution in [0.15, 0.2) is 42.7 Å². The van der Waals surface area contributed by atoms with E-state index < -0.39 is 10.8 Å². The van der Waals surface area contributed by atoms with E-state index in [-0.39, 0.29) is 35.8 Å². The van der Waals surface area contributed by atoms with E-state index in [0.29, 0.717) is 0 Å². The molecule has 1 aromatic heterocycles. The number of nitro benzene ring substituents is 1. The van der Waals surface area contributed by atoms with Crippen LogP contribution in [0.1, 0.15) is 22.3 Å². The fraction of sp³-hybridized carbons (Fsp3) is 0.188. The lowest BCUT2D eigenvalue weighted by molar-refractivity contribution is -0.384. The molecule has 2 rings (SSSR count). The van der Waals surface area contributed by atoms with Crippen molar-refractivity contribution in [3.05, 3.63) is 69.0 Å². The Labute approximate surface area is 143 Å². The van der Waals surface area contributed by atoms with Gasteiger partial charge in [0.05, 0.1) is 28.0 Å². The summed E-state index contributed by atoms with van der Waals surface area (Å²) >= 11 is 6.02. The summed E-state index contributed by atoms with van der Waals surface area (Å²) in [5, 5.41) is 19.5. The Morgan fingerprint density at radius 3 is 2.79 bits per heavy atom. The summed E-state index contributed by atoms with van der Waals surface area (Å²) in [5.41, 5.74) is 0.776. The Morgan fingerprint density at radius 1 is 1.42 bits per heavy atom. The van der Waals surface area contributed by atoms with Crippen LogP contribution in [0.4, 0.5) is 5.69 Å². The third-order valence-electron chi connectivity index (χ3n) is 3.27. The molecule has 1 aromatic carbocycles. The molecule has 0 saturated carbocycles. The normalized spacial score (nSPS) is 10.0. The molecule has 122 valence electrons. The molecule has 0 aliphatic heterocycles. The number of carbonyl (C=O) groups excluding carboxylic acids is 1. The minimum Gasteiger partial charge on any atom is -0.333 e. The highest BCUT2D eigenvalue weighted by Crippen LogP contribution is 2.24. The Hall–Kier alpha value is -2.98. The van der Waals surface area contributed by atoms with Crippen molar-refractivity contribution in [3.63, 3.8) is 0 Å². The predicted molar refractivity (Wildman–Crippen MR) is 87.3 cm³/mol. The predicted octanol–water partition coefficient (Wildman–Crippen LogP) is 3.20. The molecule has 2 aromatic rings. The topological polar surface area (TPSA) is 100 Å². The number of hydrogen-bond acceptors (Lipinski definition) is 5. The summed E-state index contributed by atoms with van der Waals surface area (Å²) in [6.45, 7) is 0.485. The zero-order valence-electron chi connectivity index (χ0n) is 12.6. The van der Waals surface area contributed by atoms with Crippen LogP contribution in [0.5, 0.6) is 0 Å². The van der Waals surface area contributed by atoms with Crippen LogP contribution in [0.3, 0.4) is 0 Å². The molecule has 8 heteroatoms. The molecular formula is C16H13ClN4O3. The minimum absolute atomic E-state index is 0.00217. The van der Waals surface area contributed by atoms with Crippen molar-refractivity contribution >= 4 is 23.2 Å². The first kappa shape index (κ1) is 17.4. The summed E-state index contributed by atoms with van der Waals surface area (Å²) in [5.74, 6) is -0.394. The molecule has 1 heterocycles. The van der Waals surface area contributed by atoms with E-state index in [0.717, 1.165) is 11.6 Å². The number of nitro groups is 1. The lowest BCUT2D eigenvalue weighted by Gasteiger charge is -2.22. The SMILES string of the molecule is N#CCCN(Cc1cccnc1)C(=O)c1ccc([N+](=O)[O-])cc1Cl. The third-order valence-corrected chi connectivity index (χ3v) is 3.58. The van der Waals surface area contributed by atoms with Crippen LogP contribution < -0.4 is 0 Å². The lowest BCUT2D eigenvalue weighted by atomic mass is 10.1. The quantitative estimate of drug-likeness (QED) is 0.591. The smallest absolute Gasteiger partial charge is 0.270 e. The standard InChI is InChI=1S/C16H13ClN4O3/c17-15-9-13(21(23)24)4-5-14(15)16(22)20(8-2-6-18)11-12-3-1-7-19-10-12/h1,3-5,7,9-10H,2,8,11H2. The number of nitrogens with zero attached hydrogens (tertiary/aromatic N) is 4. The van der Waals surface area contributed by atoms with E-state index in [9.17, 15) is 14.9 Å². The molecule has 7 nitrogen and oxygen atoms in total. The second kappa shape index (κ2) is 8.04. The largest absolute Gasteiger partial charge is 0.333 e. The van der Waals surface area contributed by atoms with Gasteiger partial charge in [-0.15, -0.1) is 0 Å². The van der Waals surface area contributed by atoms with E-state index in [1.165, 1.54) is 17.0 Å². The van der Waals surface area contributed by atoms with E-state index in [2.05, 4.69) is 4.98 Å². The van der Waals surface area contributed by atoms with Gasteiger partial charge in [0.1, 0.15) is 0 Å². The molecule has 1 amide bonds. The van der Waals surface area contributed by atoms with Crippen LogP contribution >= 0.6 is 11.6 Å². The number of hydrogen-bond donors (Lipinski definition) is 0. The highest BCUT2D eigenvalue weighted by Gasteiger charge is 2.20. The number of nitriles is 1. The average molecular weight is 345 g/mol. The van der Waals surface area contributed by atoms with E-state index in [1.807, 2.05) is 12.1 Å². The highest BCUT2D eigenvalue weighted by atomic mass is 35.5. The van der Waals surface area contributed by atoms with Crippen molar-refractivity contribution in [2.75, 3.05) is 6.54 Å². The van der Waals surface area contributed by atoms with Gasteiger partial charge in [-0.3, -0.25) is 19.9 Å². The van der Waals surface area contributed by atoms with E-state index >= 15 is 0 Å². The first-order chi connectivity index (χ1) is 11.5. The monoisotopic (exact) mass is 344 g/mol. The van der Waals surface area contributed by atoms with Gasteiger partial charge in [-0.1, -0.05) is 17.7 Å². The van der Waals surface area contributed by atoms with Gasteiger partial charge in [-0.25, -0.2) is 0 Å². The second-order valence-corrected chi connectivity index (χ2v) is 5.32. The van der Waals surface area contributed by atoms with E-state index in [1.54, 1.807) is 18.5 Å². The number of aromatic nitrogens is 1. The number of non-ortho nitro benzene ring substituents is 1. The molecule has 0 bridgehead atoms. The summed E-state index contributed by atoms with van der Waals surface area (Å²) in [4.78, 5) is 28.3. The van der Waals surface area contributed by atoms with Crippen molar-refractivity contribution in [3.8, 4) is 6.07 Å². The van der Waals surface area contributed by atoms with Crippen LogP contribution in [0.25, 0.3) is 0 Å². The summed E-state index contributed by atoms with van der Waals surface area (Å²) in [6.07, 6.45) is 3.42. The number of pyridine rings is 1. The summed E-state index contributed by atoms with van der Waals surface area (Å²) in [6, 6.07) is 9.26. The Balaban J connectivity index is 2.27. The highest BCUT2D eigenvalue weighted by molar-refractivity contribution is 6.34. The van der Waals surface area contributed by atoms with Gasteiger partial charge in [0.2, 0.25) is 0 Å². The molecule has 0 atom stereocenters. The summed E-state index contributed by atoms with van der Waals surface area (Å²) < 4.78 is 0. The van der Waals surface area contributed by atoms with E-state index in [4.69, 9.17) is 16.9 Å². The maximum atomic E-state index is 12.7. The lowest BCUT2D eigenvalue weighted by Crippen LogP contribution is -2.31. The van der Waals surface area contributed by atoms with Gasteiger partial charge in [0, 0.05) is 37.6 Å². The van der Waals surface area contributed by atoms with Crippen LogP contribution in [-0.2, 0) is 6.54 Å². The zero-order valence-corrected chi connectivity index (χ0v) is 13.3. The number of carbonyl (C=O) groups is 1. The van der Waals surface area contributed by atoms with Gasteiger partial charge in [-0.2, -0.15) is 5.26 Å². The molecule has 0 fully saturated rings. The fourth-order valence-corrected chi connectivity index (χ4v) is 2.37. The molecule has 24 heavy (non-hydrogen) atoms. The third kappa shape index (κ3) is 4.27. The molecule has 0 unspecified atom stereocenters. The van der Waals surface area contributed by atoms with Crippen LogP contribution in [0, 0.1) is 21.4 Å². The van der Waals surface area contributed by atoms with Crippen LogP contribution in [0.2, 0.25) is 5.02 Å². The Morgan fingerprint density at radius 2 is 2.21 bits per heavy atom.